The number of oxime groups is 1. The third-order valence-electron chi connectivity index (χ3n) is 1.59. The van der Waals surface area contributed by atoms with Crippen molar-refractivity contribution in [2.45, 2.75) is 27.7 Å². The molecule has 0 aliphatic heterocycles. The number of hydrogen-bond acceptors (Lipinski definition) is 5. The Morgan fingerprint density at radius 2 is 1.80 bits per heavy atom. The van der Waals surface area contributed by atoms with Crippen LogP contribution in [0.1, 0.15) is 27.7 Å². The van der Waals surface area contributed by atoms with Crippen molar-refractivity contribution >= 4 is 13.8 Å². The Bertz CT molecular complexity index is 284. The van der Waals surface area contributed by atoms with E-state index in [9.17, 15) is 4.57 Å². The van der Waals surface area contributed by atoms with Crippen molar-refractivity contribution in [3.05, 3.63) is 10.9 Å². The highest BCUT2D eigenvalue weighted by Gasteiger charge is 2.29. The number of allylic oxidation sites excluding steroid dienone is 2. The fraction of sp³-hybridized carbons (Fsp3) is 0.667. The summed E-state index contributed by atoms with van der Waals surface area (Å²) in [6.07, 6.45) is 1.10. The van der Waals surface area contributed by atoms with Gasteiger partial charge in [0.15, 0.2) is 0 Å². The fourth-order valence-electron chi connectivity index (χ4n) is 1.04. The largest absolute Gasteiger partial charge is 0.411 e. The molecule has 0 saturated heterocycles. The molecule has 6 heteroatoms. The molecule has 0 heterocycles. The van der Waals surface area contributed by atoms with Gasteiger partial charge in [-0.15, -0.1) is 0 Å². The lowest BCUT2D eigenvalue weighted by Crippen LogP contribution is -2.01. The van der Waals surface area contributed by atoms with E-state index in [0.29, 0.717) is 5.31 Å². The quantitative estimate of drug-likeness (QED) is 0.332. The third-order valence-corrected chi connectivity index (χ3v) is 3.93. The van der Waals surface area contributed by atoms with Crippen LogP contribution in [0, 0.1) is 0 Å². The van der Waals surface area contributed by atoms with Gasteiger partial charge >= 0.3 is 7.60 Å². The summed E-state index contributed by atoms with van der Waals surface area (Å²) < 4.78 is 22.5. The van der Waals surface area contributed by atoms with Gasteiger partial charge < -0.3 is 14.3 Å². The van der Waals surface area contributed by atoms with E-state index >= 15 is 0 Å². The SMILES string of the molecule is CCOP(=O)(OCC)C(/C=N\O)=C(C)C. The average molecular weight is 235 g/mol. The molecule has 0 amide bonds. The maximum atomic E-state index is 12.2. The molecule has 5 nitrogen and oxygen atoms in total. The van der Waals surface area contributed by atoms with Crippen LogP contribution in [0.2, 0.25) is 0 Å². The summed E-state index contributed by atoms with van der Waals surface area (Å²) in [5, 5.41) is 11.7. The van der Waals surface area contributed by atoms with Crippen LogP contribution in [0.5, 0.6) is 0 Å². The van der Waals surface area contributed by atoms with Crippen LogP contribution in [-0.2, 0) is 13.6 Å². The lowest BCUT2D eigenvalue weighted by Gasteiger charge is -2.18. The zero-order chi connectivity index (χ0) is 11.9. The third kappa shape index (κ3) is 4.16. The van der Waals surface area contributed by atoms with Gasteiger partial charge in [0, 0.05) is 0 Å². The van der Waals surface area contributed by atoms with Gasteiger partial charge in [-0.1, -0.05) is 10.7 Å². The molecule has 0 aliphatic rings. The van der Waals surface area contributed by atoms with Crippen LogP contribution >= 0.6 is 7.60 Å². The van der Waals surface area contributed by atoms with Crippen LogP contribution in [-0.4, -0.2) is 24.6 Å². The first kappa shape index (κ1) is 14.4. The second kappa shape index (κ2) is 6.77. The topological polar surface area (TPSA) is 68.1 Å². The van der Waals surface area contributed by atoms with Crippen molar-refractivity contribution < 1.29 is 18.8 Å². The zero-order valence-electron chi connectivity index (χ0n) is 9.56. The molecular weight excluding hydrogens is 217 g/mol. The molecule has 0 rings (SSSR count). The Balaban J connectivity index is 5.20. The highest BCUT2D eigenvalue weighted by atomic mass is 31.2. The Morgan fingerprint density at radius 1 is 1.33 bits per heavy atom. The molecule has 88 valence electrons. The minimum absolute atomic E-state index is 0.271. The van der Waals surface area contributed by atoms with Crippen molar-refractivity contribution in [2.75, 3.05) is 13.2 Å². The molecule has 0 bridgehead atoms. The lowest BCUT2D eigenvalue weighted by molar-refractivity contribution is 0.227. The van der Waals surface area contributed by atoms with Crippen molar-refractivity contribution in [1.82, 2.24) is 0 Å². The molecule has 0 unspecified atom stereocenters. The van der Waals surface area contributed by atoms with Gasteiger partial charge in [0.2, 0.25) is 0 Å². The average Bonchev–Trinajstić information content (AvgIpc) is 2.14. The predicted molar refractivity (Wildman–Crippen MR) is 59.5 cm³/mol. The van der Waals surface area contributed by atoms with E-state index < -0.39 is 7.60 Å². The van der Waals surface area contributed by atoms with E-state index in [0.717, 1.165) is 11.8 Å². The molecular formula is C9H18NO4P. The second-order valence-corrected chi connectivity index (χ2v) is 4.96. The molecule has 0 radical (unpaired) electrons. The van der Waals surface area contributed by atoms with Gasteiger partial charge in [0.1, 0.15) is 0 Å². The summed E-state index contributed by atoms with van der Waals surface area (Å²) in [6.45, 7) is 7.50. The van der Waals surface area contributed by atoms with Gasteiger partial charge in [0.25, 0.3) is 0 Å². The zero-order valence-corrected chi connectivity index (χ0v) is 10.5. The molecule has 0 aromatic carbocycles. The van der Waals surface area contributed by atoms with E-state index in [1.54, 1.807) is 27.7 Å². The summed E-state index contributed by atoms with van der Waals surface area (Å²) in [4.78, 5) is 0. The normalized spacial score (nSPS) is 12.0. The minimum atomic E-state index is -3.33. The van der Waals surface area contributed by atoms with Crippen molar-refractivity contribution in [1.29, 1.82) is 0 Å². The van der Waals surface area contributed by atoms with Gasteiger partial charge in [-0.05, 0) is 27.7 Å². The molecule has 0 aromatic rings. The molecule has 0 aromatic heterocycles. The van der Waals surface area contributed by atoms with Crippen LogP contribution in [0.4, 0.5) is 0 Å². The van der Waals surface area contributed by atoms with E-state index in [2.05, 4.69) is 5.16 Å². The summed E-state index contributed by atoms with van der Waals surface area (Å²) >= 11 is 0. The highest BCUT2D eigenvalue weighted by Crippen LogP contribution is 2.56. The van der Waals surface area contributed by atoms with Crippen molar-refractivity contribution in [3.63, 3.8) is 0 Å². The first-order valence-electron chi connectivity index (χ1n) is 4.76. The summed E-state index contributed by atoms with van der Waals surface area (Å²) in [5.41, 5.74) is 0.734. The predicted octanol–water partition coefficient (Wildman–Crippen LogP) is 3.01. The van der Waals surface area contributed by atoms with Crippen molar-refractivity contribution in [2.24, 2.45) is 5.16 Å². The van der Waals surface area contributed by atoms with E-state index in [4.69, 9.17) is 14.3 Å². The Labute approximate surface area is 90.3 Å². The molecule has 1 N–H and O–H groups in total. The first-order chi connectivity index (χ1) is 7.01. The molecule has 0 fully saturated rings. The standard InChI is InChI=1S/C9H18NO4P/c1-5-13-15(12,14-6-2)9(7-10-11)8(3)4/h7,11H,5-6H2,1-4H3/b10-7-. The number of hydrogen-bond donors (Lipinski definition) is 1. The Morgan fingerprint density at radius 3 is 2.07 bits per heavy atom. The smallest absolute Gasteiger partial charge is 0.362 e. The van der Waals surface area contributed by atoms with Gasteiger partial charge in [0.05, 0.1) is 24.7 Å². The molecule has 0 spiro atoms. The summed E-state index contributed by atoms with van der Waals surface area (Å²) in [6, 6.07) is 0. The summed E-state index contributed by atoms with van der Waals surface area (Å²) in [5.74, 6) is 0. The van der Waals surface area contributed by atoms with Crippen LogP contribution in [0.3, 0.4) is 0 Å². The van der Waals surface area contributed by atoms with Gasteiger partial charge in [-0.25, -0.2) is 0 Å². The monoisotopic (exact) mass is 235 g/mol. The fourth-order valence-corrected chi connectivity index (χ4v) is 2.82. The van der Waals surface area contributed by atoms with Crippen LogP contribution < -0.4 is 0 Å². The second-order valence-electron chi connectivity index (χ2n) is 2.96. The number of rotatable bonds is 6. The molecule has 0 saturated carbocycles. The maximum Gasteiger partial charge on any atom is 0.362 e. The first-order valence-corrected chi connectivity index (χ1v) is 6.30. The lowest BCUT2D eigenvalue weighted by atomic mass is 10.3. The van der Waals surface area contributed by atoms with E-state index in [1.807, 2.05) is 0 Å². The Hall–Kier alpha value is -0.640. The molecule has 15 heavy (non-hydrogen) atoms. The van der Waals surface area contributed by atoms with E-state index in [-0.39, 0.29) is 13.2 Å². The van der Waals surface area contributed by atoms with Crippen LogP contribution in [0.15, 0.2) is 16.0 Å². The Kier molecular flexibility index (Phi) is 6.48. The molecule has 0 aliphatic carbocycles. The van der Waals surface area contributed by atoms with Crippen LogP contribution in [0.25, 0.3) is 0 Å². The van der Waals surface area contributed by atoms with Crippen molar-refractivity contribution in [3.8, 4) is 0 Å². The number of nitrogens with zero attached hydrogens (tertiary/aromatic N) is 1. The summed E-state index contributed by atoms with van der Waals surface area (Å²) in [7, 11) is -3.33. The maximum absolute atomic E-state index is 12.2. The van der Waals surface area contributed by atoms with E-state index in [1.165, 1.54) is 0 Å². The van der Waals surface area contributed by atoms with Gasteiger partial charge in [-0.3, -0.25) is 4.57 Å². The minimum Gasteiger partial charge on any atom is -0.411 e. The van der Waals surface area contributed by atoms with Gasteiger partial charge in [-0.2, -0.15) is 0 Å². The molecule has 0 atom stereocenters. The highest BCUT2D eigenvalue weighted by molar-refractivity contribution is 7.59.